The summed E-state index contributed by atoms with van der Waals surface area (Å²) in [6.07, 6.45) is 1.18. The normalized spacial score (nSPS) is 11.1. The molecule has 90 valence electrons. The van der Waals surface area contributed by atoms with Gasteiger partial charge in [0.25, 0.3) is 0 Å². The number of rotatable bonds is 6. The molecule has 0 unspecified atom stereocenters. The molecule has 0 radical (unpaired) electrons. The fraction of sp³-hybridized carbons (Fsp3) is 0.778. The molecular weight excluding hydrogens is 220 g/mol. The van der Waals surface area contributed by atoms with E-state index in [0.29, 0.717) is 6.42 Å². The van der Waals surface area contributed by atoms with Crippen LogP contribution >= 0.6 is 12.4 Å². The fourth-order valence-electron chi connectivity index (χ4n) is 0.975. The van der Waals surface area contributed by atoms with Crippen molar-refractivity contribution in [1.82, 2.24) is 10.6 Å². The van der Waals surface area contributed by atoms with Crippen molar-refractivity contribution in [2.45, 2.75) is 25.8 Å². The van der Waals surface area contributed by atoms with Crippen molar-refractivity contribution in [2.24, 2.45) is 0 Å². The summed E-state index contributed by atoms with van der Waals surface area (Å²) in [6.45, 7) is 2.39. The van der Waals surface area contributed by atoms with E-state index in [4.69, 9.17) is 0 Å². The van der Waals surface area contributed by atoms with Crippen molar-refractivity contribution in [3.05, 3.63) is 0 Å². The van der Waals surface area contributed by atoms with E-state index in [1.807, 2.05) is 7.05 Å². The van der Waals surface area contributed by atoms with Crippen LogP contribution in [0, 0.1) is 0 Å². The first-order chi connectivity index (χ1) is 6.61. The van der Waals surface area contributed by atoms with Gasteiger partial charge in [-0.25, -0.2) is 4.79 Å². The molecule has 15 heavy (non-hydrogen) atoms. The highest BCUT2D eigenvalue weighted by atomic mass is 35.5. The van der Waals surface area contributed by atoms with E-state index < -0.39 is 12.0 Å². The second kappa shape index (κ2) is 9.73. The lowest BCUT2D eigenvalue weighted by molar-refractivity contribution is -0.144. The predicted molar refractivity (Wildman–Crippen MR) is 60.0 cm³/mol. The van der Waals surface area contributed by atoms with E-state index in [-0.39, 0.29) is 18.3 Å². The fourth-order valence-corrected chi connectivity index (χ4v) is 0.975. The van der Waals surface area contributed by atoms with Gasteiger partial charge in [-0.3, -0.25) is 4.79 Å². The minimum Gasteiger partial charge on any atom is -0.467 e. The molecule has 0 aliphatic rings. The molecule has 0 saturated carbocycles. The van der Waals surface area contributed by atoms with Gasteiger partial charge in [0.1, 0.15) is 6.04 Å². The Balaban J connectivity index is 0. The average molecular weight is 239 g/mol. The lowest BCUT2D eigenvalue weighted by Gasteiger charge is -2.11. The maximum absolute atomic E-state index is 11.2. The molecule has 5 nitrogen and oxygen atoms in total. The van der Waals surface area contributed by atoms with E-state index in [1.54, 1.807) is 6.92 Å². The van der Waals surface area contributed by atoms with Gasteiger partial charge in [-0.15, -0.1) is 12.4 Å². The van der Waals surface area contributed by atoms with Crippen molar-refractivity contribution in [3.8, 4) is 0 Å². The Morgan fingerprint density at radius 3 is 2.47 bits per heavy atom. The quantitative estimate of drug-likeness (QED) is 0.508. The Morgan fingerprint density at radius 2 is 2.00 bits per heavy atom. The van der Waals surface area contributed by atoms with Gasteiger partial charge in [-0.05, 0) is 26.9 Å². The highest BCUT2D eigenvalue weighted by Crippen LogP contribution is 1.91. The van der Waals surface area contributed by atoms with E-state index >= 15 is 0 Å². The number of ether oxygens (including phenoxy) is 1. The predicted octanol–water partition coefficient (Wildman–Crippen LogP) is 0.0855. The minimum atomic E-state index is -0.568. The number of amides is 1. The Hall–Kier alpha value is -0.810. The summed E-state index contributed by atoms with van der Waals surface area (Å²) in [5, 5.41) is 5.49. The van der Waals surface area contributed by atoms with Crippen LogP contribution < -0.4 is 10.6 Å². The Kier molecular flexibility index (Phi) is 10.8. The van der Waals surface area contributed by atoms with Gasteiger partial charge in [-0.1, -0.05) is 0 Å². The molecule has 0 rings (SSSR count). The average Bonchev–Trinajstić information content (AvgIpc) is 2.16. The molecule has 0 bridgehead atoms. The number of hydrogen-bond acceptors (Lipinski definition) is 4. The van der Waals surface area contributed by atoms with Crippen LogP contribution in [0.4, 0.5) is 0 Å². The highest BCUT2D eigenvalue weighted by molar-refractivity contribution is 5.85. The lowest BCUT2D eigenvalue weighted by atomic mass is 10.2. The van der Waals surface area contributed by atoms with E-state index in [1.165, 1.54) is 7.11 Å². The smallest absolute Gasteiger partial charge is 0.328 e. The lowest BCUT2D eigenvalue weighted by Crippen LogP contribution is -2.39. The highest BCUT2D eigenvalue weighted by Gasteiger charge is 2.14. The first-order valence-electron chi connectivity index (χ1n) is 4.63. The number of halogens is 1. The maximum atomic E-state index is 11.2. The van der Waals surface area contributed by atoms with Crippen LogP contribution in [0.25, 0.3) is 0 Å². The van der Waals surface area contributed by atoms with Gasteiger partial charge in [0.15, 0.2) is 0 Å². The third-order valence-corrected chi connectivity index (χ3v) is 1.76. The van der Waals surface area contributed by atoms with E-state index in [2.05, 4.69) is 15.4 Å². The third-order valence-electron chi connectivity index (χ3n) is 1.76. The van der Waals surface area contributed by atoms with Crippen LogP contribution in [0.1, 0.15) is 19.8 Å². The summed E-state index contributed by atoms with van der Waals surface area (Å²) >= 11 is 0. The number of hydrogen-bond donors (Lipinski definition) is 2. The standard InChI is InChI=1S/C9H18N2O3.ClH/c1-7(9(13)14-3)11-8(12)5-4-6-10-2;/h7,10H,4-6H2,1-3H3,(H,11,12);1H/t7-;/m1./s1. The van der Waals surface area contributed by atoms with Crippen LogP contribution in [0.3, 0.4) is 0 Å². The summed E-state index contributed by atoms with van der Waals surface area (Å²) in [7, 11) is 3.13. The number of carbonyl (C=O) groups excluding carboxylic acids is 2. The molecule has 0 spiro atoms. The largest absolute Gasteiger partial charge is 0.467 e. The van der Waals surface area contributed by atoms with Gasteiger partial charge in [0.2, 0.25) is 5.91 Å². The van der Waals surface area contributed by atoms with Crippen LogP contribution in [0.15, 0.2) is 0 Å². The minimum absolute atomic E-state index is 0. The van der Waals surface area contributed by atoms with E-state index in [9.17, 15) is 9.59 Å². The molecule has 1 atom stereocenters. The van der Waals surface area contributed by atoms with Crippen molar-refractivity contribution >= 4 is 24.3 Å². The zero-order valence-corrected chi connectivity index (χ0v) is 10.1. The molecular formula is C9H19ClN2O3. The Labute approximate surface area is 96.3 Å². The van der Waals surface area contributed by atoms with Gasteiger partial charge in [-0.2, -0.15) is 0 Å². The van der Waals surface area contributed by atoms with Crippen molar-refractivity contribution < 1.29 is 14.3 Å². The Bertz CT molecular complexity index is 200. The number of nitrogens with one attached hydrogen (secondary N) is 2. The van der Waals surface area contributed by atoms with Crippen LogP contribution in [-0.4, -0.2) is 38.6 Å². The molecule has 0 aromatic heterocycles. The van der Waals surface area contributed by atoms with Gasteiger partial charge >= 0.3 is 5.97 Å². The zero-order valence-electron chi connectivity index (χ0n) is 9.33. The van der Waals surface area contributed by atoms with Gasteiger partial charge < -0.3 is 15.4 Å². The molecule has 0 heterocycles. The molecule has 0 saturated heterocycles. The molecule has 0 aliphatic heterocycles. The summed E-state index contributed by atoms with van der Waals surface area (Å²) in [5.41, 5.74) is 0. The van der Waals surface area contributed by atoms with Crippen LogP contribution in [0.2, 0.25) is 0 Å². The summed E-state index contributed by atoms with van der Waals surface area (Å²) in [5.74, 6) is -0.551. The number of carbonyl (C=O) groups is 2. The molecule has 0 aromatic carbocycles. The summed E-state index contributed by atoms with van der Waals surface area (Å²) in [6, 6.07) is -0.568. The zero-order chi connectivity index (χ0) is 11.0. The maximum Gasteiger partial charge on any atom is 0.328 e. The molecule has 6 heteroatoms. The monoisotopic (exact) mass is 238 g/mol. The molecule has 0 aromatic rings. The first kappa shape index (κ1) is 16.6. The van der Waals surface area contributed by atoms with Crippen molar-refractivity contribution in [2.75, 3.05) is 20.7 Å². The van der Waals surface area contributed by atoms with Gasteiger partial charge in [0.05, 0.1) is 7.11 Å². The second-order valence-corrected chi connectivity index (χ2v) is 3.02. The molecule has 0 aliphatic carbocycles. The van der Waals surface area contributed by atoms with E-state index in [0.717, 1.165) is 13.0 Å². The van der Waals surface area contributed by atoms with Gasteiger partial charge in [0, 0.05) is 6.42 Å². The Morgan fingerprint density at radius 1 is 1.40 bits per heavy atom. The molecule has 0 fully saturated rings. The summed E-state index contributed by atoms with van der Waals surface area (Å²) in [4.78, 5) is 22.1. The van der Waals surface area contributed by atoms with Crippen LogP contribution in [0.5, 0.6) is 0 Å². The summed E-state index contributed by atoms with van der Waals surface area (Å²) < 4.78 is 4.47. The molecule has 1 amide bonds. The number of methoxy groups -OCH3 is 1. The molecule has 2 N–H and O–H groups in total. The van der Waals surface area contributed by atoms with Crippen molar-refractivity contribution in [3.63, 3.8) is 0 Å². The van der Waals surface area contributed by atoms with Crippen molar-refractivity contribution in [1.29, 1.82) is 0 Å². The SMILES string of the molecule is CNCCCC(=O)N[C@H](C)C(=O)OC.Cl. The first-order valence-corrected chi connectivity index (χ1v) is 4.63. The van der Waals surface area contributed by atoms with Crippen LogP contribution in [-0.2, 0) is 14.3 Å². The number of esters is 1. The topological polar surface area (TPSA) is 67.4 Å². The third kappa shape index (κ3) is 8.20. The second-order valence-electron chi connectivity index (χ2n) is 3.02.